The van der Waals surface area contributed by atoms with Crippen LogP contribution < -0.4 is 10.6 Å². The number of anilines is 1. The highest BCUT2D eigenvalue weighted by Gasteiger charge is 2.45. The number of ketones is 2. The van der Waals surface area contributed by atoms with Crippen molar-refractivity contribution < 1.29 is 9.59 Å². The summed E-state index contributed by atoms with van der Waals surface area (Å²) >= 11 is 23.6. The molecule has 0 aromatic heterocycles. The highest BCUT2D eigenvalue weighted by molar-refractivity contribution is 6.38. The fraction of sp³-hybridized carbons (Fsp3) is 0.125. The van der Waals surface area contributed by atoms with E-state index in [2.05, 4.69) is 17.2 Å². The van der Waals surface area contributed by atoms with Crippen LogP contribution in [0.25, 0.3) is 0 Å². The number of fused-ring (bicyclic) bond motifs is 1. The number of allylic oxidation sites excluding steroid dienone is 2. The Morgan fingerprint density at radius 2 is 1.79 bits per heavy atom. The Labute approximate surface area is 158 Å². The zero-order valence-electron chi connectivity index (χ0n) is 12.0. The molecule has 0 amide bonds. The number of carbonyl (C=O) groups excluding carboxylic acids is 2. The molecule has 3 rings (SSSR count). The van der Waals surface area contributed by atoms with E-state index in [1.807, 2.05) is 0 Å². The lowest BCUT2D eigenvalue weighted by Gasteiger charge is -2.19. The summed E-state index contributed by atoms with van der Waals surface area (Å²) in [5.74, 6) is -0.597. The molecule has 2 atom stereocenters. The molecule has 2 unspecified atom stereocenters. The molecule has 0 saturated heterocycles. The van der Waals surface area contributed by atoms with Crippen LogP contribution in [0.3, 0.4) is 0 Å². The second kappa shape index (κ2) is 6.45. The van der Waals surface area contributed by atoms with Crippen molar-refractivity contribution in [3.8, 4) is 0 Å². The van der Waals surface area contributed by atoms with Gasteiger partial charge in [-0.2, -0.15) is 0 Å². The van der Waals surface area contributed by atoms with Crippen molar-refractivity contribution in [3.63, 3.8) is 0 Å². The largest absolute Gasteiger partial charge is 0.371 e. The van der Waals surface area contributed by atoms with E-state index < -0.39 is 12.1 Å². The minimum atomic E-state index is -0.854. The van der Waals surface area contributed by atoms with Crippen LogP contribution in [-0.4, -0.2) is 23.7 Å². The molecule has 2 N–H and O–H groups in total. The number of nitrogens with one attached hydrogen (secondary N) is 2. The predicted octanol–water partition coefficient (Wildman–Crippen LogP) is 4.27. The van der Waals surface area contributed by atoms with Crippen LogP contribution in [0.1, 0.15) is 10.4 Å². The van der Waals surface area contributed by atoms with E-state index in [1.165, 1.54) is 23.7 Å². The van der Waals surface area contributed by atoms with E-state index in [9.17, 15) is 9.59 Å². The van der Waals surface area contributed by atoms with Crippen LogP contribution >= 0.6 is 46.4 Å². The lowest BCUT2D eigenvalue weighted by Crippen LogP contribution is -2.47. The maximum atomic E-state index is 12.7. The summed E-state index contributed by atoms with van der Waals surface area (Å²) in [6.07, 6.45) is 1.41. The first kappa shape index (κ1) is 17.4. The number of benzene rings is 1. The number of rotatable bonds is 3. The monoisotopic (exact) mass is 402 g/mol. The van der Waals surface area contributed by atoms with Crippen LogP contribution in [0.15, 0.2) is 46.6 Å². The lowest BCUT2D eigenvalue weighted by atomic mass is 9.97. The topological polar surface area (TPSA) is 58.2 Å². The predicted molar refractivity (Wildman–Crippen MR) is 97.1 cm³/mol. The highest BCUT2D eigenvalue weighted by Crippen LogP contribution is 2.38. The van der Waals surface area contributed by atoms with Gasteiger partial charge in [0.1, 0.15) is 12.1 Å². The molecule has 24 heavy (non-hydrogen) atoms. The van der Waals surface area contributed by atoms with Crippen LogP contribution in [0.5, 0.6) is 0 Å². The zero-order valence-corrected chi connectivity index (χ0v) is 15.0. The molecule has 2 aliphatic rings. The van der Waals surface area contributed by atoms with Gasteiger partial charge < -0.3 is 10.6 Å². The van der Waals surface area contributed by atoms with E-state index in [-0.39, 0.29) is 22.2 Å². The van der Waals surface area contributed by atoms with Gasteiger partial charge in [-0.25, -0.2) is 0 Å². The molecule has 124 valence electrons. The summed E-state index contributed by atoms with van der Waals surface area (Å²) < 4.78 is 0. The average molecular weight is 404 g/mol. The first-order valence-corrected chi connectivity index (χ1v) is 8.38. The summed E-state index contributed by atoms with van der Waals surface area (Å²) in [7, 11) is 0. The molecule has 0 spiro atoms. The molecule has 0 aliphatic carbocycles. The Bertz CT molecular complexity index is 845. The Balaban J connectivity index is 1.96. The summed E-state index contributed by atoms with van der Waals surface area (Å²) in [4.78, 5) is 25.3. The summed E-state index contributed by atoms with van der Waals surface area (Å²) in [6, 6.07) is 1.36. The Morgan fingerprint density at radius 3 is 2.42 bits per heavy atom. The van der Waals surface area contributed by atoms with Gasteiger partial charge in [0.25, 0.3) is 0 Å². The third-order valence-corrected chi connectivity index (χ3v) is 4.69. The standard InChI is InChI=1S/C16H10Cl4N2O2/c1-6(18)11-8(2-3-17)15(23)13(21-11)14-16(24)9-4-7(19)5-10(20)12(9)22-14/h2-5,13-14,21-22H,1H2/b3-2+. The smallest absolute Gasteiger partial charge is 0.189 e. The van der Waals surface area contributed by atoms with Crippen molar-refractivity contribution in [2.24, 2.45) is 0 Å². The number of hydrogen-bond acceptors (Lipinski definition) is 4. The van der Waals surface area contributed by atoms with E-state index >= 15 is 0 Å². The fourth-order valence-corrected chi connectivity index (χ4v) is 3.65. The van der Waals surface area contributed by atoms with Crippen molar-refractivity contribution >= 4 is 63.7 Å². The minimum Gasteiger partial charge on any atom is -0.371 e. The summed E-state index contributed by atoms with van der Waals surface area (Å²) in [5.41, 5.74) is 2.62. The highest BCUT2D eigenvalue weighted by atomic mass is 35.5. The SMILES string of the molecule is C=C(Cl)C1=C(/C=C/Cl)C(=O)C(C2Nc3c(Cl)cc(Cl)cc3C2=O)N1. The fourth-order valence-electron chi connectivity index (χ4n) is 2.82. The Hall–Kier alpha value is -1.46. The maximum absolute atomic E-state index is 12.7. The number of hydrogen-bond donors (Lipinski definition) is 2. The maximum Gasteiger partial charge on any atom is 0.189 e. The van der Waals surface area contributed by atoms with Gasteiger partial charge in [0, 0.05) is 21.7 Å². The van der Waals surface area contributed by atoms with Gasteiger partial charge in [0.15, 0.2) is 11.6 Å². The van der Waals surface area contributed by atoms with Crippen LogP contribution in [0.2, 0.25) is 10.0 Å². The summed E-state index contributed by atoms with van der Waals surface area (Å²) in [6.45, 7) is 3.62. The van der Waals surface area contributed by atoms with E-state index in [1.54, 1.807) is 0 Å². The first-order chi connectivity index (χ1) is 11.3. The van der Waals surface area contributed by atoms with Crippen molar-refractivity contribution in [1.29, 1.82) is 0 Å². The third kappa shape index (κ3) is 2.74. The lowest BCUT2D eigenvalue weighted by molar-refractivity contribution is -0.116. The molecule has 4 nitrogen and oxygen atoms in total. The molecule has 1 aromatic carbocycles. The zero-order chi connectivity index (χ0) is 17.6. The van der Waals surface area contributed by atoms with E-state index in [0.717, 1.165) is 0 Å². The third-order valence-electron chi connectivity index (χ3n) is 3.85. The van der Waals surface area contributed by atoms with Crippen molar-refractivity contribution in [3.05, 3.63) is 62.2 Å². The number of halogens is 4. The Kier molecular flexibility index (Phi) is 4.67. The molecule has 0 saturated carbocycles. The molecule has 0 radical (unpaired) electrons. The average Bonchev–Trinajstić information content (AvgIpc) is 3.00. The van der Waals surface area contributed by atoms with Gasteiger partial charge in [-0.05, 0) is 18.2 Å². The van der Waals surface area contributed by atoms with Gasteiger partial charge in [0.2, 0.25) is 0 Å². The van der Waals surface area contributed by atoms with Gasteiger partial charge in [0.05, 0.1) is 21.4 Å². The van der Waals surface area contributed by atoms with Crippen LogP contribution in [-0.2, 0) is 4.79 Å². The van der Waals surface area contributed by atoms with E-state index in [0.29, 0.717) is 27.0 Å². The molecular formula is C16H10Cl4N2O2. The second-order valence-corrected chi connectivity index (χ2v) is 6.82. The van der Waals surface area contributed by atoms with Gasteiger partial charge >= 0.3 is 0 Å². The number of carbonyl (C=O) groups is 2. The van der Waals surface area contributed by atoms with Crippen LogP contribution in [0, 0.1) is 0 Å². The molecule has 2 heterocycles. The second-order valence-electron chi connectivity index (χ2n) is 5.27. The molecule has 0 fully saturated rings. The first-order valence-electron chi connectivity index (χ1n) is 6.81. The molecule has 8 heteroatoms. The van der Waals surface area contributed by atoms with Crippen molar-refractivity contribution in [1.82, 2.24) is 5.32 Å². The molecular weight excluding hydrogens is 394 g/mol. The Morgan fingerprint density at radius 1 is 1.12 bits per heavy atom. The minimum absolute atomic E-state index is 0.152. The van der Waals surface area contributed by atoms with Gasteiger partial charge in [-0.15, -0.1) is 0 Å². The quantitative estimate of drug-likeness (QED) is 0.791. The van der Waals surface area contributed by atoms with Gasteiger partial charge in [-0.1, -0.05) is 53.0 Å². The molecule has 2 aliphatic heterocycles. The van der Waals surface area contributed by atoms with Crippen molar-refractivity contribution in [2.45, 2.75) is 12.1 Å². The van der Waals surface area contributed by atoms with Gasteiger partial charge in [-0.3, -0.25) is 9.59 Å². The van der Waals surface area contributed by atoms with E-state index in [4.69, 9.17) is 46.4 Å². The normalized spacial score (nSPS) is 22.8. The molecule has 1 aromatic rings. The summed E-state index contributed by atoms with van der Waals surface area (Å²) in [5, 5.41) is 6.75. The van der Waals surface area contributed by atoms with Crippen molar-refractivity contribution in [2.75, 3.05) is 5.32 Å². The number of Topliss-reactive ketones (excluding diaryl/α,β-unsaturated/α-hetero) is 2. The van der Waals surface area contributed by atoms with Crippen LogP contribution in [0.4, 0.5) is 5.69 Å². The molecule has 0 bridgehead atoms.